The monoisotopic (exact) mass is 498 g/mol. The maximum absolute atomic E-state index is 5.16. The fourth-order valence-electron chi connectivity index (χ4n) is 6.14. The Hall–Kier alpha value is -3.91. The zero-order chi connectivity index (χ0) is 27.1. The molecule has 2 nitrogen and oxygen atoms in total. The number of benzene rings is 3. The summed E-state index contributed by atoms with van der Waals surface area (Å²) < 4.78 is 2.37. The molecule has 3 aromatic carbocycles. The second-order valence-electron chi connectivity index (χ2n) is 10.7. The van der Waals surface area contributed by atoms with Gasteiger partial charge in [0.05, 0.1) is 17.4 Å². The number of aromatic nitrogens is 2. The average Bonchev–Trinajstić information content (AvgIpc) is 3.33. The Kier molecular flexibility index (Phi) is 6.84. The van der Waals surface area contributed by atoms with E-state index in [0.717, 1.165) is 28.9 Å². The third-order valence-corrected chi connectivity index (χ3v) is 8.02. The molecule has 0 spiro atoms. The molecule has 0 fully saturated rings. The van der Waals surface area contributed by atoms with Crippen LogP contribution in [0, 0.1) is 13.8 Å². The first-order chi connectivity index (χ1) is 18.3. The smallest absolute Gasteiger partial charge is 0.145 e. The topological polar surface area (TPSA) is 17.3 Å². The predicted octanol–water partition coefficient (Wildman–Crippen LogP) is 10.4. The van der Waals surface area contributed by atoms with Crippen molar-refractivity contribution in [3.63, 3.8) is 0 Å². The second-order valence-corrected chi connectivity index (χ2v) is 10.7. The molecule has 2 aromatic heterocycles. The molecule has 0 amide bonds. The molecule has 2 heterocycles. The molecule has 0 saturated heterocycles. The highest BCUT2D eigenvalue weighted by molar-refractivity contribution is 6.19. The van der Waals surface area contributed by atoms with Gasteiger partial charge in [-0.15, -0.1) is 0 Å². The number of imidazole rings is 1. The minimum absolute atomic E-state index is 0.413. The first kappa shape index (κ1) is 25.7. The molecule has 0 aliphatic rings. The van der Waals surface area contributed by atoms with Crippen LogP contribution in [0.2, 0.25) is 0 Å². The normalized spacial score (nSPS) is 13.6. The molecule has 0 aliphatic heterocycles. The number of aryl methyl sites for hydroxylation is 2. The minimum Gasteiger partial charge on any atom is -0.292 e. The number of para-hydroxylation sites is 1. The molecular weight excluding hydrogens is 460 g/mol. The standard InChI is InChI=1S/C36H38N2/c1-9-14-24(6)32(22(3)4)31-21-37-36-35-27(23(5)10-2)19-20-29(33-25(7)15-13-16-26(33)8)34(35)28-17-11-12-18-30(28)38(31)36/h9,11-21,23H,3,10H2,1-2,4-8H3/b14-9-,32-24+. The summed E-state index contributed by atoms with van der Waals surface area (Å²) in [6.07, 6.45) is 7.37. The number of pyridine rings is 1. The van der Waals surface area contributed by atoms with Crippen LogP contribution in [0.15, 0.2) is 90.7 Å². The molecule has 0 bridgehead atoms. The molecule has 192 valence electrons. The van der Waals surface area contributed by atoms with Crippen LogP contribution in [-0.2, 0) is 0 Å². The van der Waals surface area contributed by atoms with E-state index in [1.54, 1.807) is 0 Å². The molecule has 0 radical (unpaired) electrons. The fraction of sp³-hybridized carbons (Fsp3) is 0.250. The van der Waals surface area contributed by atoms with E-state index >= 15 is 0 Å². The summed E-state index contributed by atoms with van der Waals surface area (Å²) in [5, 5.41) is 3.81. The average molecular weight is 499 g/mol. The Labute approximate surface area is 227 Å². The van der Waals surface area contributed by atoms with Crippen molar-refractivity contribution in [3.05, 3.63) is 113 Å². The summed E-state index contributed by atoms with van der Waals surface area (Å²) in [4.78, 5) is 5.16. The van der Waals surface area contributed by atoms with Crippen molar-refractivity contribution < 1.29 is 0 Å². The van der Waals surface area contributed by atoms with E-state index in [4.69, 9.17) is 4.98 Å². The van der Waals surface area contributed by atoms with E-state index in [0.29, 0.717) is 5.92 Å². The molecule has 38 heavy (non-hydrogen) atoms. The molecule has 0 N–H and O–H groups in total. The van der Waals surface area contributed by atoms with Crippen molar-refractivity contribution in [1.82, 2.24) is 9.38 Å². The maximum atomic E-state index is 5.16. The number of allylic oxidation sites excluding steroid dienone is 5. The Bertz CT molecular complexity index is 1750. The van der Waals surface area contributed by atoms with Gasteiger partial charge in [0.15, 0.2) is 0 Å². The molecule has 0 aliphatic carbocycles. The van der Waals surface area contributed by atoms with Crippen molar-refractivity contribution in [3.8, 4) is 11.1 Å². The summed E-state index contributed by atoms with van der Waals surface area (Å²) in [5.41, 5.74) is 13.2. The molecular formula is C36H38N2. The van der Waals surface area contributed by atoms with E-state index in [1.165, 1.54) is 55.1 Å². The molecule has 5 aromatic rings. The van der Waals surface area contributed by atoms with E-state index in [1.807, 2.05) is 6.20 Å². The van der Waals surface area contributed by atoms with Gasteiger partial charge >= 0.3 is 0 Å². The lowest BCUT2D eigenvalue weighted by atomic mass is 9.85. The van der Waals surface area contributed by atoms with E-state index in [2.05, 4.69) is 126 Å². The minimum atomic E-state index is 0.413. The number of nitrogens with zero attached hydrogens (tertiary/aromatic N) is 2. The van der Waals surface area contributed by atoms with Crippen molar-refractivity contribution in [1.29, 1.82) is 0 Å². The molecule has 0 saturated carbocycles. The summed E-state index contributed by atoms with van der Waals surface area (Å²) in [7, 11) is 0. The van der Waals surface area contributed by atoms with Gasteiger partial charge in [0.1, 0.15) is 5.65 Å². The van der Waals surface area contributed by atoms with Crippen LogP contribution in [0.4, 0.5) is 0 Å². The van der Waals surface area contributed by atoms with Gasteiger partial charge in [0, 0.05) is 21.7 Å². The lowest BCUT2D eigenvalue weighted by Crippen LogP contribution is -2.02. The number of rotatable bonds is 6. The van der Waals surface area contributed by atoms with Crippen molar-refractivity contribution in [2.75, 3.05) is 0 Å². The third-order valence-electron chi connectivity index (χ3n) is 8.02. The number of hydrogen-bond donors (Lipinski definition) is 0. The first-order valence-corrected chi connectivity index (χ1v) is 13.7. The lowest BCUT2D eigenvalue weighted by molar-refractivity contribution is 0.740. The Morgan fingerprint density at radius 3 is 2.34 bits per heavy atom. The summed E-state index contributed by atoms with van der Waals surface area (Å²) in [6.45, 7) is 19.7. The van der Waals surface area contributed by atoms with E-state index < -0.39 is 0 Å². The highest BCUT2D eigenvalue weighted by atomic mass is 15.0. The third kappa shape index (κ3) is 4.00. The van der Waals surface area contributed by atoms with Gasteiger partial charge in [0.25, 0.3) is 0 Å². The first-order valence-electron chi connectivity index (χ1n) is 13.7. The van der Waals surface area contributed by atoms with Crippen LogP contribution in [0.25, 0.3) is 44.0 Å². The van der Waals surface area contributed by atoms with Crippen LogP contribution >= 0.6 is 0 Å². The van der Waals surface area contributed by atoms with Gasteiger partial charge in [-0.05, 0) is 92.0 Å². The SMILES string of the molecule is C=C(C)/C(=C(C)\C=C/C)c1cnc2c3c(C(C)CC)ccc(-c4c(C)cccc4C)c3c3ccccc3n12. The van der Waals surface area contributed by atoms with Gasteiger partial charge in [-0.3, -0.25) is 4.40 Å². The lowest BCUT2D eigenvalue weighted by Gasteiger charge is -2.21. The second kappa shape index (κ2) is 10.1. The van der Waals surface area contributed by atoms with E-state index in [-0.39, 0.29) is 0 Å². The van der Waals surface area contributed by atoms with Gasteiger partial charge < -0.3 is 0 Å². The largest absolute Gasteiger partial charge is 0.292 e. The zero-order valence-corrected chi connectivity index (χ0v) is 23.8. The van der Waals surface area contributed by atoms with Crippen LogP contribution in [0.5, 0.6) is 0 Å². The predicted molar refractivity (Wildman–Crippen MR) is 166 cm³/mol. The summed E-state index contributed by atoms with van der Waals surface area (Å²) >= 11 is 0. The molecule has 2 heteroatoms. The van der Waals surface area contributed by atoms with Crippen LogP contribution in [0.1, 0.15) is 69.3 Å². The maximum Gasteiger partial charge on any atom is 0.145 e. The van der Waals surface area contributed by atoms with Crippen LogP contribution in [0.3, 0.4) is 0 Å². The Morgan fingerprint density at radius 2 is 1.68 bits per heavy atom. The van der Waals surface area contributed by atoms with Crippen molar-refractivity contribution in [2.45, 2.75) is 60.8 Å². The number of fused-ring (bicyclic) bond motifs is 6. The highest BCUT2D eigenvalue weighted by Crippen LogP contribution is 2.43. The zero-order valence-electron chi connectivity index (χ0n) is 23.8. The molecule has 1 unspecified atom stereocenters. The summed E-state index contributed by atoms with van der Waals surface area (Å²) in [5.74, 6) is 0.413. The van der Waals surface area contributed by atoms with Crippen molar-refractivity contribution >= 4 is 32.9 Å². The Balaban J connectivity index is 2.08. The summed E-state index contributed by atoms with van der Waals surface area (Å²) in [6, 6.07) is 20.1. The Morgan fingerprint density at radius 1 is 0.974 bits per heavy atom. The highest BCUT2D eigenvalue weighted by Gasteiger charge is 2.23. The molecule has 5 rings (SSSR count). The van der Waals surface area contributed by atoms with Gasteiger partial charge in [-0.1, -0.05) is 81.1 Å². The van der Waals surface area contributed by atoms with Crippen molar-refractivity contribution in [2.24, 2.45) is 0 Å². The van der Waals surface area contributed by atoms with Crippen LogP contribution < -0.4 is 0 Å². The van der Waals surface area contributed by atoms with E-state index in [9.17, 15) is 0 Å². The van der Waals surface area contributed by atoms with Crippen LogP contribution in [-0.4, -0.2) is 9.38 Å². The quantitative estimate of drug-likeness (QED) is 0.168. The number of hydrogen-bond acceptors (Lipinski definition) is 1. The fourth-order valence-corrected chi connectivity index (χ4v) is 6.14. The van der Waals surface area contributed by atoms with Gasteiger partial charge in [-0.2, -0.15) is 0 Å². The van der Waals surface area contributed by atoms with Gasteiger partial charge in [0.2, 0.25) is 0 Å². The molecule has 1 atom stereocenters. The van der Waals surface area contributed by atoms with Gasteiger partial charge in [-0.25, -0.2) is 4.98 Å².